The Morgan fingerprint density at radius 2 is 1.90 bits per heavy atom. The fourth-order valence-corrected chi connectivity index (χ4v) is 4.24. The maximum atomic E-state index is 12.0. The van der Waals surface area contributed by atoms with Gasteiger partial charge >= 0.3 is 0 Å². The van der Waals surface area contributed by atoms with Gasteiger partial charge in [0.2, 0.25) is 15.9 Å². The summed E-state index contributed by atoms with van der Waals surface area (Å²) in [5.41, 5.74) is 0. The van der Waals surface area contributed by atoms with Gasteiger partial charge in [-0.3, -0.25) is 4.79 Å². The quantitative estimate of drug-likeness (QED) is 0.749. The monoisotopic (exact) mass is 302 g/mol. The van der Waals surface area contributed by atoms with E-state index in [2.05, 4.69) is 10.0 Å². The van der Waals surface area contributed by atoms with Crippen LogP contribution in [-0.4, -0.2) is 32.2 Å². The molecule has 0 aromatic carbocycles. The van der Waals surface area contributed by atoms with Crippen LogP contribution in [0.2, 0.25) is 0 Å². The molecule has 0 aliphatic heterocycles. The molecule has 1 amide bonds. The molecule has 20 heavy (non-hydrogen) atoms. The lowest BCUT2D eigenvalue weighted by Gasteiger charge is -2.28. The molecule has 0 bridgehead atoms. The molecular weight excluding hydrogens is 276 g/mol. The summed E-state index contributed by atoms with van der Waals surface area (Å²) in [6, 6.07) is 0.310. The molecule has 2 saturated carbocycles. The van der Waals surface area contributed by atoms with Crippen molar-refractivity contribution in [1.29, 1.82) is 0 Å². The van der Waals surface area contributed by atoms with Crippen molar-refractivity contribution in [1.82, 2.24) is 10.0 Å². The number of unbranched alkanes of at least 4 members (excludes halogenated alkanes) is 1. The Bertz CT molecular complexity index is 432. The topological polar surface area (TPSA) is 75.3 Å². The normalized spacial score (nSPS) is 27.2. The molecule has 0 aromatic heterocycles. The zero-order chi connectivity index (χ0) is 14.6. The van der Waals surface area contributed by atoms with Crippen LogP contribution in [0.1, 0.15) is 58.3 Å². The number of hydrogen-bond donors (Lipinski definition) is 2. The highest BCUT2D eigenvalue weighted by Gasteiger charge is 2.32. The molecule has 2 fully saturated rings. The first kappa shape index (κ1) is 15.8. The van der Waals surface area contributed by atoms with Crippen molar-refractivity contribution in [3.05, 3.63) is 0 Å². The molecule has 2 aliphatic rings. The third-order valence-corrected chi connectivity index (χ3v) is 5.60. The van der Waals surface area contributed by atoms with E-state index < -0.39 is 10.0 Å². The van der Waals surface area contributed by atoms with E-state index in [1.54, 1.807) is 0 Å². The molecule has 116 valence electrons. The first-order valence-corrected chi connectivity index (χ1v) is 9.46. The van der Waals surface area contributed by atoms with E-state index in [4.69, 9.17) is 0 Å². The second-order valence-corrected chi connectivity index (χ2v) is 8.01. The van der Waals surface area contributed by atoms with E-state index in [-0.39, 0.29) is 23.6 Å². The number of carbonyl (C=O) groups is 1. The number of nitrogens with one attached hydrogen (secondary N) is 2. The Morgan fingerprint density at radius 3 is 2.55 bits per heavy atom. The lowest BCUT2D eigenvalue weighted by molar-refractivity contribution is -0.126. The summed E-state index contributed by atoms with van der Waals surface area (Å²) >= 11 is 0. The summed E-state index contributed by atoms with van der Waals surface area (Å²) in [5.74, 6) is 0.284. The number of rotatable bonds is 7. The summed E-state index contributed by atoms with van der Waals surface area (Å²) in [5, 5.41) is 3.03. The minimum atomic E-state index is -3.18. The molecule has 0 heterocycles. The molecular formula is C14H26N2O3S. The first-order chi connectivity index (χ1) is 9.50. The predicted molar refractivity (Wildman–Crippen MR) is 78.7 cm³/mol. The van der Waals surface area contributed by atoms with Crippen molar-refractivity contribution in [2.75, 3.05) is 5.75 Å². The average Bonchev–Trinajstić information content (AvgIpc) is 3.20. The van der Waals surface area contributed by atoms with Crippen LogP contribution in [0.25, 0.3) is 0 Å². The molecule has 2 N–H and O–H groups in total. The summed E-state index contributed by atoms with van der Waals surface area (Å²) < 4.78 is 26.6. The van der Waals surface area contributed by atoms with E-state index in [1.807, 2.05) is 6.92 Å². The van der Waals surface area contributed by atoms with Crippen molar-refractivity contribution in [3.8, 4) is 0 Å². The van der Waals surface area contributed by atoms with Gasteiger partial charge in [0.05, 0.1) is 5.75 Å². The third-order valence-electron chi connectivity index (χ3n) is 4.08. The second kappa shape index (κ2) is 6.89. The van der Waals surface area contributed by atoms with Gasteiger partial charge in [-0.15, -0.1) is 0 Å². The van der Waals surface area contributed by atoms with E-state index in [1.165, 1.54) is 0 Å². The summed E-state index contributed by atoms with van der Waals surface area (Å²) in [7, 11) is -3.18. The molecule has 2 aliphatic carbocycles. The molecule has 0 aromatic rings. The molecule has 6 heteroatoms. The highest BCUT2D eigenvalue weighted by atomic mass is 32.2. The lowest BCUT2D eigenvalue weighted by Crippen LogP contribution is -2.43. The van der Waals surface area contributed by atoms with Crippen molar-refractivity contribution < 1.29 is 13.2 Å². The SMILES string of the molecule is CCCCS(=O)(=O)N[C@H]1CCC[C@@H](C(=O)NC2CC2)C1. The third kappa shape index (κ3) is 5.05. The largest absolute Gasteiger partial charge is 0.353 e. The minimum Gasteiger partial charge on any atom is -0.353 e. The van der Waals surface area contributed by atoms with Crippen molar-refractivity contribution in [2.24, 2.45) is 5.92 Å². The van der Waals surface area contributed by atoms with Crippen LogP contribution in [0.3, 0.4) is 0 Å². The number of hydrogen-bond acceptors (Lipinski definition) is 3. The van der Waals surface area contributed by atoms with Crippen LogP contribution in [0, 0.1) is 5.92 Å². The van der Waals surface area contributed by atoms with Gasteiger partial charge in [-0.05, 0) is 38.5 Å². The first-order valence-electron chi connectivity index (χ1n) is 7.80. The van der Waals surface area contributed by atoms with Crippen LogP contribution >= 0.6 is 0 Å². The summed E-state index contributed by atoms with van der Waals surface area (Å²) in [6.45, 7) is 1.98. The van der Waals surface area contributed by atoms with Crippen molar-refractivity contribution in [3.63, 3.8) is 0 Å². The lowest BCUT2D eigenvalue weighted by atomic mass is 9.85. The number of amides is 1. The minimum absolute atomic E-state index is 0.0248. The maximum Gasteiger partial charge on any atom is 0.223 e. The molecule has 0 spiro atoms. The van der Waals surface area contributed by atoms with Crippen molar-refractivity contribution >= 4 is 15.9 Å². The highest BCUT2D eigenvalue weighted by Crippen LogP contribution is 2.27. The fraction of sp³-hybridized carbons (Fsp3) is 0.929. The van der Waals surface area contributed by atoms with Gasteiger partial charge < -0.3 is 5.32 Å². The average molecular weight is 302 g/mol. The molecule has 2 atom stereocenters. The highest BCUT2D eigenvalue weighted by molar-refractivity contribution is 7.89. The molecule has 0 unspecified atom stereocenters. The molecule has 5 nitrogen and oxygen atoms in total. The van der Waals surface area contributed by atoms with E-state index >= 15 is 0 Å². The second-order valence-electron chi connectivity index (χ2n) is 6.13. The standard InChI is InChI=1S/C14H26N2O3S/c1-2-3-9-20(18,19)16-13-6-4-5-11(10-13)14(17)15-12-7-8-12/h11-13,16H,2-10H2,1H3,(H,15,17)/t11-,13+/m1/s1. The fourth-order valence-electron chi connectivity index (χ4n) is 2.73. The van der Waals surface area contributed by atoms with Crippen LogP contribution in [0.4, 0.5) is 0 Å². The summed E-state index contributed by atoms with van der Waals surface area (Å²) in [4.78, 5) is 12.0. The van der Waals surface area contributed by atoms with Crippen molar-refractivity contribution in [2.45, 2.75) is 70.4 Å². The molecule has 0 radical (unpaired) electrons. The number of carbonyl (C=O) groups excluding carboxylic acids is 1. The van der Waals surface area contributed by atoms with Crippen LogP contribution in [-0.2, 0) is 14.8 Å². The van der Waals surface area contributed by atoms with Gasteiger partial charge in [0.25, 0.3) is 0 Å². The zero-order valence-electron chi connectivity index (χ0n) is 12.2. The van der Waals surface area contributed by atoms with Gasteiger partial charge in [0.1, 0.15) is 0 Å². The Kier molecular flexibility index (Phi) is 5.43. The smallest absolute Gasteiger partial charge is 0.223 e. The predicted octanol–water partition coefficient (Wildman–Crippen LogP) is 1.54. The number of sulfonamides is 1. The molecule has 0 saturated heterocycles. The van der Waals surface area contributed by atoms with Gasteiger partial charge in [-0.2, -0.15) is 0 Å². The van der Waals surface area contributed by atoms with E-state index in [0.717, 1.165) is 38.5 Å². The van der Waals surface area contributed by atoms with Gasteiger partial charge in [-0.1, -0.05) is 19.8 Å². The van der Waals surface area contributed by atoms with Crippen LogP contribution in [0.15, 0.2) is 0 Å². The van der Waals surface area contributed by atoms with Crippen LogP contribution in [0.5, 0.6) is 0 Å². The van der Waals surface area contributed by atoms with E-state index in [9.17, 15) is 13.2 Å². The zero-order valence-corrected chi connectivity index (χ0v) is 13.0. The Hall–Kier alpha value is -0.620. The van der Waals surface area contributed by atoms with E-state index in [0.29, 0.717) is 18.9 Å². The summed E-state index contributed by atoms with van der Waals surface area (Å²) in [6.07, 6.45) is 7.03. The Labute approximate surface area is 121 Å². The Morgan fingerprint density at radius 1 is 1.15 bits per heavy atom. The Balaban J connectivity index is 1.81. The van der Waals surface area contributed by atoms with Crippen LogP contribution < -0.4 is 10.0 Å². The van der Waals surface area contributed by atoms with Gasteiger partial charge in [0, 0.05) is 18.0 Å². The maximum absolute atomic E-state index is 12.0. The van der Waals surface area contributed by atoms with Gasteiger partial charge in [-0.25, -0.2) is 13.1 Å². The van der Waals surface area contributed by atoms with Gasteiger partial charge in [0.15, 0.2) is 0 Å². The molecule has 2 rings (SSSR count).